The molecule has 0 atom stereocenters. The average molecular weight is 380 g/mol. The molecular weight excluding hydrogens is 356 g/mol. The van der Waals surface area contributed by atoms with Gasteiger partial charge in [-0.1, -0.05) is 6.07 Å². The Balaban J connectivity index is 1.49. The number of hydrogen-bond acceptors (Lipinski definition) is 5. The lowest BCUT2D eigenvalue weighted by Gasteiger charge is -2.13. The molecular formula is C22H24N2O4. The van der Waals surface area contributed by atoms with Gasteiger partial charge in [-0.25, -0.2) is 9.78 Å². The molecule has 0 amide bonds. The van der Waals surface area contributed by atoms with E-state index in [-0.39, 0.29) is 5.97 Å². The van der Waals surface area contributed by atoms with Crippen LogP contribution in [0, 0.1) is 0 Å². The van der Waals surface area contributed by atoms with Gasteiger partial charge in [-0.15, -0.1) is 0 Å². The zero-order chi connectivity index (χ0) is 19.5. The van der Waals surface area contributed by atoms with Crippen molar-refractivity contribution in [3.63, 3.8) is 0 Å². The van der Waals surface area contributed by atoms with Gasteiger partial charge in [0.15, 0.2) is 0 Å². The van der Waals surface area contributed by atoms with Crippen molar-refractivity contribution in [1.82, 2.24) is 9.55 Å². The number of hydrogen-bond donors (Lipinski definition) is 0. The predicted octanol–water partition coefficient (Wildman–Crippen LogP) is 4.26. The molecule has 1 aliphatic rings. The first kappa shape index (κ1) is 18.3. The number of carbonyl (C=O) groups is 1. The Morgan fingerprint density at radius 1 is 1.14 bits per heavy atom. The van der Waals surface area contributed by atoms with E-state index in [1.54, 1.807) is 18.2 Å². The second-order valence-corrected chi connectivity index (χ2v) is 7.07. The third-order valence-electron chi connectivity index (χ3n) is 5.17. The van der Waals surface area contributed by atoms with Crippen molar-refractivity contribution in [3.8, 4) is 11.5 Å². The largest absolute Gasteiger partial charge is 0.490 e. The van der Waals surface area contributed by atoms with Crippen molar-refractivity contribution in [2.24, 2.45) is 7.05 Å². The lowest BCUT2D eigenvalue weighted by molar-refractivity contribution is 0.0600. The van der Waals surface area contributed by atoms with Gasteiger partial charge in [0.1, 0.15) is 23.9 Å². The molecule has 1 fully saturated rings. The van der Waals surface area contributed by atoms with E-state index >= 15 is 0 Å². The van der Waals surface area contributed by atoms with Gasteiger partial charge in [-0.2, -0.15) is 0 Å². The van der Waals surface area contributed by atoms with Crippen LogP contribution in [0.15, 0.2) is 42.5 Å². The minimum absolute atomic E-state index is 0.300. The monoisotopic (exact) mass is 380 g/mol. The summed E-state index contributed by atoms with van der Waals surface area (Å²) in [7, 11) is 3.33. The summed E-state index contributed by atoms with van der Waals surface area (Å²) in [4.78, 5) is 16.3. The van der Waals surface area contributed by atoms with Gasteiger partial charge in [-0.05, 0) is 56.0 Å². The number of esters is 1. The number of aryl methyl sites for hydroxylation is 1. The number of aromatic nitrogens is 2. The van der Waals surface area contributed by atoms with Crippen LogP contribution in [0.4, 0.5) is 0 Å². The maximum absolute atomic E-state index is 11.7. The average Bonchev–Trinajstić information content (AvgIpc) is 3.34. The number of benzene rings is 2. The maximum atomic E-state index is 11.7. The minimum atomic E-state index is -0.386. The molecule has 1 heterocycles. The normalized spacial score (nSPS) is 14.4. The molecule has 6 heteroatoms. The van der Waals surface area contributed by atoms with E-state index in [1.165, 1.54) is 20.0 Å². The molecule has 1 aliphatic carbocycles. The van der Waals surface area contributed by atoms with Crippen molar-refractivity contribution in [2.45, 2.75) is 38.4 Å². The molecule has 4 rings (SSSR count). The summed E-state index contributed by atoms with van der Waals surface area (Å²) in [5.74, 6) is 1.90. The number of fused-ring (bicyclic) bond motifs is 1. The third-order valence-corrected chi connectivity index (χ3v) is 5.17. The Kier molecular flexibility index (Phi) is 5.19. The number of carbonyl (C=O) groups excluding carboxylic acids is 1. The summed E-state index contributed by atoms with van der Waals surface area (Å²) in [5.41, 5.74) is 2.37. The lowest BCUT2D eigenvalue weighted by Crippen LogP contribution is -2.10. The highest BCUT2D eigenvalue weighted by Crippen LogP contribution is 2.27. The van der Waals surface area contributed by atoms with E-state index in [1.807, 2.05) is 35.9 Å². The van der Waals surface area contributed by atoms with Crippen molar-refractivity contribution in [2.75, 3.05) is 7.11 Å². The Bertz CT molecular complexity index is 989. The molecule has 0 saturated heterocycles. The smallest absolute Gasteiger partial charge is 0.337 e. The first-order valence-electron chi connectivity index (χ1n) is 9.57. The molecule has 0 bridgehead atoms. The van der Waals surface area contributed by atoms with E-state index in [9.17, 15) is 4.79 Å². The fourth-order valence-corrected chi connectivity index (χ4v) is 3.60. The lowest BCUT2D eigenvalue weighted by atomic mass is 10.2. The summed E-state index contributed by atoms with van der Waals surface area (Å²) in [6.45, 7) is 0.300. The fraction of sp³-hybridized carbons (Fsp3) is 0.364. The molecule has 2 aromatic carbocycles. The third kappa shape index (κ3) is 3.81. The molecule has 0 radical (unpaired) electrons. The molecule has 6 nitrogen and oxygen atoms in total. The van der Waals surface area contributed by atoms with Crippen LogP contribution in [-0.4, -0.2) is 28.7 Å². The summed E-state index contributed by atoms with van der Waals surface area (Å²) >= 11 is 0. The summed E-state index contributed by atoms with van der Waals surface area (Å²) in [5, 5.41) is 0. The van der Waals surface area contributed by atoms with E-state index in [4.69, 9.17) is 14.2 Å². The van der Waals surface area contributed by atoms with Gasteiger partial charge in [-0.3, -0.25) is 0 Å². The topological polar surface area (TPSA) is 62.6 Å². The molecule has 3 aromatic rings. The Morgan fingerprint density at radius 3 is 2.75 bits per heavy atom. The maximum Gasteiger partial charge on any atom is 0.337 e. The fourth-order valence-electron chi connectivity index (χ4n) is 3.60. The second kappa shape index (κ2) is 7.92. The van der Waals surface area contributed by atoms with E-state index in [0.717, 1.165) is 35.4 Å². The number of rotatable bonds is 6. The quantitative estimate of drug-likeness (QED) is 0.598. The molecule has 1 saturated carbocycles. The SMILES string of the molecule is COC(=O)c1cccc(OCc2nc3ccc(OC4CCCC4)cc3n2C)c1. The molecule has 0 spiro atoms. The van der Waals surface area contributed by atoms with Crippen LogP contribution in [-0.2, 0) is 18.4 Å². The predicted molar refractivity (Wildman–Crippen MR) is 106 cm³/mol. The molecule has 0 unspecified atom stereocenters. The van der Waals surface area contributed by atoms with Gasteiger partial charge >= 0.3 is 5.97 Å². The van der Waals surface area contributed by atoms with Gasteiger partial charge in [0.05, 0.1) is 29.8 Å². The first-order chi connectivity index (χ1) is 13.6. The Labute approximate surface area is 164 Å². The van der Waals surface area contributed by atoms with Crippen LogP contribution in [0.2, 0.25) is 0 Å². The number of ether oxygens (including phenoxy) is 3. The van der Waals surface area contributed by atoms with Gasteiger partial charge < -0.3 is 18.8 Å². The van der Waals surface area contributed by atoms with Crippen molar-refractivity contribution >= 4 is 17.0 Å². The molecule has 146 valence electrons. The van der Waals surface area contributed by atoms with Crippen LogP contribution in [0.25, 0.3) is 11.0 Å². The number of methoxy groups -OCH3 is 1. The highest BCUT2D eigenvalue weighted by molar-refractivity contribution is 5.89. The highest BCUT2D eigenvalue weighted by Gasteiger charge is 2.17. The molecule has 0 N–H and O–H groups in total. The highest BCUT2D eigenvalue weighted by atomic mass is 16.5. The summed E-state index contributed by atoms with van der Waals surface area (Å²) in [6, 6.07) is 13.0. The number of nitrogens with zero attached hydrogens (tertiary/aromatic N) is 2. The van der Waals surface area contributed by atoms with Gasteiger partial charge in [0, 0.05) is 13.1 Å². The van der Waals surface area contributed by atoms with Crippen LogP contribution in [0.1, 0.15) is 41.9 Å². The van der Waals surface area contributed by atoms with Crippen molar-refractivity contribution in [1.29, 1.82) is 0 Å². The number of imidazole rings is 1. The molecule has 1 aromatic heterocycles. The van der Waals surface area contributed by atoms with Gasteiger partial charge in [0.25, 0.3) is 0 Å². The zero-order valence-electron chi connectivity index (χ0n) is 16.2. The summed E-state index contributed by atoms with van der Waals surface area (Å²) < 4.78 is 18.7. The first-order valence-corrected chi connectivity index (χ1v) is 9.57. The standard InChI is InChI=1S/C22H24N2O4/c1-24-20-13-18(28-16-7-3-4-8-16)10-11-19(20)23-21(24)14-27-17-9-5-6-15(12-17)22(25)26-2/h5-6,9-13,16H,3-4,7-8,14H2,1-2H3. The van der Waals surface area contributed by atoms with Crippen molar-refractivity contribution in [3.05, 3.63) is 53.9 Å². The van der Waals surface area contributed by atoms with E-state index in [0.29, 0.717) is 24.0 Å². The van der Waals surface area contributed by atoms with E-state index < -0.39 is 0 Å². The Hall–Kier alpha value is -3.02. The molecule has 28 heavy (non-hydrogen) atoms. The van der Waals surface area contributed by atoms with Gasteiger partial charge in [0.2, 0.25) is 0 Å². The molecule has 0 aliphatic heterocycles. The van der Waals surface area contributed by atoms with Crippen LogP contribution in [0.5, 0.6) is 11.5 Å². The van der Waals surface area contributed by atoms with Crippen LogP contribution >= 0.6 is 0 Å². The minimum Gasteiger partial charge on any atom is -0.490 e. The Morgan fingerprint density at radius 2 is 1.96 bits per heavy atom. The second-order valence-electron chi connectivity index (χ2n) is 7.07. The summed E-state index contributed by atoms with van der Waals surface area (Å²) in [6.07, 6.45) is 5.09. The van der Waals surface area contributed by atoms with Crippen molar-refractivity contribution < 1.29 is 19.0 Å². The van der Waals surface area contributed by atoms with E-state index in [2.05, 4.69) is 4.98 Å². The van der Waals surface area contributed by atoms with Crippen LogP contribution in [0.3, 0.4) is 0 Å². The van der Waals surface area contributed by atoms with Crippen LogP contribution < -0.4 is 9.47 Å². The zero-order valence-corrected chi connectivity index (χ0v) is 16.2.